The van der Waals surface area contributed by atoms with Gasteiger partial charge in [0, 0.05) is 0 Å². The van der Waals surface area contributed by atoms with Crippen molar-refractivity contribution in [1.82, 2.24) is 0 Å². The fourth-order valence-electron chi connectivity index (χ4n) is 1.55. The van der Waals surface area contributed by atoms with E-state index in [9.17, 15) is 4.79 Å². The number of esters is 1. The molecule has 2 nitrogen and oxygen atoms in total. The molecule has 0 aromatic rings. The molecule has 2 heteroatoms. The predicted molar refractivity (Wildman–Crippen MR) is 72.8 cm³/mol. The molecule has 0 saturated carbocycles. The Bertz CT molecular complexity index is 259. The van der Waals surface area contributed by atoms with Crippen LogP contribution in [0.2, 0.25) is 0 Å². The SMILES string of the molecule is C=CC=CCCCC(CC)C(=O)OC(C)(C)C. The monoisotopic (exact) mass is 238 g/mol. The number of carbonyl (C=O) groups excluding carboxylic acids is 1. The Kier molecular flexibility index (Phi) is 7.60. The highest BCUT2D eigenvalue weighted by Gasteiger charge is 2.23. The molecule has 1 atom stereocenters. The van der Waals surface area contributed by atoms with Crippen LogP contribution in [-0.4, -0.2) is 11.6 Å². The molecule has 0 rings (SSSR count). The molecule has 0 aliphatic heterocycles. The smallest absolute Gasteiger partial charge is 0.309 e. The summed E-state index contributed by atoms with van der Waals surface area (Å²) < 4.78 is 5.40. The molecule has 0 amide bonds. The van der Waals surface area contributed by atoms with Gasteiger partial charge in [0.15, 0.2) is 0 Å². The zero-order valence-corrected chi connectivity index (χ0v) is 11.7. The summed E-state index contributed by atoms with van der Waals surface area (Å²) in [7, 11) is 0. The van der Waals surface area contributed by atoms with Gasteiger partial charge in [-0.05, 0) is 46.5 Å². The first-order valence-electron chi connectivity index (χ1n) is 6.41. The van der Waals surface area contributed by atoms with E-state index in [-0.39, 0.29) is 17.5 Å². The highest BCUT2D eigenvalue weighted by atomic mass is 16.6. The minimum absolute atomic E-state index is 0.0337. The number of carbonyl (C=O) groups is 1. The first kappa shape index (κ1) is 16.0. The third-order valence-corrected chi connectivity index (χ3v) is 2.43. The van der Waals surface area contributed by atoms with Crippen molar-refractivity contribution in [2.45, 2.75) is 59.0 Å². The summed E-state index contributed by atoms with van der Waals surface area (Å²) in [4.78, 5) is 11.9. The van der Waals surface area contributed by atoms with Crippen LogP contribution < -0.4 is 0 Å². The average Bonchev–Trinajstić information content (AvgIpc) is 2.20. The number of ether oxygens (including phenoxy) is 1. The molecule has 1 unspecified atom stereocenters. The third-order valence-electron chi connectivity index (χ3n) is 2.43. The van der Waals surface area contributed by atoms with Gasteiger partial charge in [0.2, 0.25) is 0 Å². The van der Waals surface area contributed by atoms with Crippen molar-refractivity contribution in [2.24, 2.45) is 5.92 Å². The lowest BCUT2D eigenvalue weighted by Crippen LogP contribution is -2.28. The van der Waals surface area contributed by atoms with Crippen molar-refractivity contribution < 1.29 is 9.53 Å². The lowest BCUT2D eigenvalue weighted by atomic mass is 9.99. The maximum Gasteiger partial charge on any atom is 0.309 e. The molecule has 0 aliphatic rings. The van der Waals surface area contributed by atoms with Crippen molar-refractivity contribution in [3.8, 4) is 0 Å². The molecule has 0 aromatic carbocycles. The fourth-order valence-corrected chi connectivity index (χ4v) is 1.55. The number of rotatable bonds is 7. The van der Waals surface area contributed by atoms with Gasteiger partial charge in [-0.15, -0.1) is 0 Å². The van der Waals surface area contributed by atoms with E-state index in [1.807, 2.05) is 33.8 Å². The van der Waals surface area contributed by atoms with Gasteiger partial charge in [-0.3, -0.25) is 4.79 Å². The van der Waals surface area contributed by atoms with Crippen molar-refractivity contribution >= 4 is 5.97 Å². The highest BCUT2D eigenvalue weighted by molar-refractivity contribution is 5.72. The van der Waals surface area contributed by atoms with Crippen LogP contribution in [0.5, 0.6) is 0 Å². The first-order chi connectivity index (χ1) is 7.90. The summed E-state index contributed by atoms with van der Waals surface area (Å²) in [6.07, 6.45) is 9.54. The van der Waals surface area contributed by atoms with Gasteiger partial charge in [0.25, 0.3) is 0 Å². The Hall–Kier alpha value is -1.05. The van der Waals surface area contributed by atoms with Gasteiger partial charge in [0.1, 0.15) is 5.60 Å². The highest BCUT2D eigenvalue weighted by Crippen LogP contribution is 2.18. The molecule has 0 heterocycles. The normalized spacial score (nSPS) is 13.6. The van der Waals surface area contributed by atoms with E-state index in [0.29, 0.717) is 0 Å². The summed E-state index contributed by atoms with van der Waals surface area (Å²) in [6.45, 7) is 11.4. The predicted octanol–water partition coefficient (Wildman–Crippen LogP) is 4.27. The standard InChI is InChI=1S/C15H26O2/c1-6-8-9-10-11-12-13(7-2)14(16)17-15(3,4)5/h6,8-9,13H,1,7,10-12H2,2-5H3. The summed E-state index contributed by atoms with van der Waals surface area (Å²) in [6, 6.07) is 0. The van der Waals surface area contributed by atoms with Crippen LogP contribution in [0.4, 0.5) is 0 Å². The zero-order chi connectivity index (χ0) is 13.3. The van der Waals surface area contributed by atoms with Crippen LogP contribution >= 0.6 is 0 Å². The maximum atomic E-state index is 11.9. The fraction of sp³-hybridized carbons (Fsp3) is 0.667. The van der Waals surface area contributed by atoms with Gasteiger partial charge < -0.3 is 4.74 Å². The molecule has 0 bridgehead atoms. The molecule has 0 aromatic heterocycles. The number of hydrogen-bond donors (Lipinski definition) is 0. The summed E-state index contributed by atoms with van der Waals surface area (Å²) in [5.74, 6) is -0.0287. The van der Waals surface area contributed by atoms with E-state index in [0.717, 1.165) is 25.7 Å². The third kappa shape index (κ3) is 8.73. The summed E-state index contributed by atoms with van der Waals surface area (Å²) in [5, 5.41) is 0. The Balaban J connectivity index is 4.02. The van der Waals surface area contributed by atoms with Crippen LogP contribution in [0.15, 0.2) is 24.8 Å². The Morgan fingerprint density at radius 2 is 2.06 bits per heavy atom. The van der Waals surface area contributed by atoms with Crippen molar-refractivity contribution in [1.29, 1.82) is 0 Å². The Labute approximate surface area is 106 Å². The minimum Gasteiger partial charge on any atom is -0.460 e. The van der Waals surface area contributed by atoms with E-state index < -0.39 is 0 Å². The molecule has 0 fully saturated rings. The van der Waals surface area contributed by atoms with Crippen molar-refractivity contribution in [3.63, 3.8) is 0 Å². The van der Waals surface area contributed by atoms with Crippen LogP contribution in [-0.2, 0) is 9.53 Å². The molecule has 0 N–H and O–H groups in total. The second-order valence-electron chi connectivity index (χ2n) is 5.23. The molecule has 0 aliphatic carbocycles. The second kappa shape index (κ2) is 8.10. The molecular formula is C15H26O2. The van der Waals surface area contributed by atoms with Gasteiger partial charge in [-0.2, -0.15) is 0 Å². The largest absolute Gasteiger partial charge is 0.460 e. The van der Waals surface area contributed by atoms with E-state index >= 15 is 0 Å². The zero-order valence-electron chi connectivity index (χ0n) is 11.7. The Morgan fingerprint density at radius 3 is 2.53 bits per heavy atom. The van der Waals surface area contributed by atoms with Gasteiger partial charge in [0.05, 0.1) is 5.92 Å². The summed E-state index contributed by atoms with van der Waals surface area (Å²) in [5.41, 5.74) is -0.382. The van der Waals surface area contributed by atoms with Gasteiger partial charge in [-0.25, -0.2) is 0 Å². The van der Waals surface area contributed by atoms with Crippen molar-refractivity contribution in [2.75, 3.05) is 0 Å². The quantitative estimate of drug-likeness (QED) is 0.376. The average molecular weight is 238 g/mol. The van der Waals surface area contributed by atoms with Crippen LogP contribution in [0.3, 0.4) is 0 Å². The molecule has 0 radical (unpaired) electrons. The topological polar surface area (TPSA) is 26.3 Å². The van der Waals surface area contributed by atoms with Gasteiger partial charge >= 0.3 is 5.97 Å². The lowest BCUT2D eigenvalue weighted by Gasteiger charge is -2.23. The molecule has 0 spiro atoms. The lowest BCUT2D eigenvalue weighted by molar-refractivity contribution is -0.160. The number of unbranched alkanes of at least 4 members (excludes halogenated alkanes) is 1. The second-order valence-corrected chi connectivity index (χ2v) is 5.23. The van der Waals surface area contributed by atoms with E-state index in [1.54, 1.807) is 6.08 Å². The number of hydrogen-bond acceptors (Lipinski definition) is 2. The molecule has 0 saturated heterocycles. The van der Waals surface area contributed by atoms with Crippen LogP contribution in [0.25, 0.3) is 0 Å². The first-order valence-corrected chi connectivity index (χ1v) is 6.41. The number of allylic oxidation sites excluding steroid dienone is 3. The maximum absolute atomic E-state index is 11.9. The van der Waals surface area contributed by atoms with Crippen LogP contribution in [0, 0.1) is 5.92 Å². The molecular weight excluding hydrogens is 212 g/mol. The van der Waals surface area contributed by atoms with E-state index in [2.05, 4.69) is 12.7 Å². The molecule has 98 valence electrons. The van der Waals surface area contributed by atoms with E-state index in [1.165, 1.54) is 0 Å². The summed E-state index contributed by atoms with van der Waals surface area (Å²) >= 11 is 0. The van der Waals surface area contributed by atoms with E-state index in [4.69, 9.17) is 4.74 Å². The van der Waals surface area contributed by atoms with Gasteiger partial charge in [-0.1, -0.05) is 31.7 Å². The van der Waals surface area contributed by atoms with Crippen LogP contribution in [0.1, 0.15) is 53.4 Å². The minimum atomic E-state index is -0.382. The van der Waals surface area contributed by atoms with Crippen molar-refractivity contribution in [3.05, 3.63) is 24.8 Å². The molecule has 17 heavy (non-hydrogen) atoms. The Morgan fingerprint density at radius 1 is 1.41 bits per heavy atom.